The standard InChI is InChI=1S/C14H16ClN3O2S/c1-9(2)20-12(19)8-21-14-17-16-13(18(14)3)10-5-4-6-11(15)7-10/h4-7,9H,8H2,1-3H3. The Morgan fingerprint density at radius 2 is 2.19 bits per heavy atom. The number of ether oxygens (including phenoxy) is 1. The number of esters is 1. The lowest BCUT2D eigenvalue weighted by Crippen LogP contribution is -2.13. The van der Waals surface area contributed by atoms with Crippen molar-refractivity contribution in [1.82, 2.24) is 14.8 Å². The van der Waals surface area contributed by atoms with Crippen LogP contribution in [0.25, 0.3) is 11.4 Å². The van der Waals surface area contributed by atoms with E-state index in [-0.39, 0.29) is 17.8 Å². The zero-order chi connectivity index (χ0) is 15.4. The first-order chi connectivity index (χ1) is 9.97. The number of aromatic nitrogens is 3. The Bertz CT molecular complexity index is 643. The minimum absolute atomic E-state index is 0.111. The van der Waals surface area contributed by atoms with E-state index in [9.17, 15) is 4.79 Å². The molecule has 0 fully saturated rings. The van der Waals surface area contributed by atoms with Gasteiger partial charge in [-0.1, -0.05) is 35.5 Å². The fourth-order valence-corrected chi connectivity index (χ4v) is 2.62. The summed E-state index contributed by atoms with van der Waals surface area (Å²) in [5, 5.41) is 9.55. The molecule has 0 saturated heterocycles. The first-order valence-corrected chi connectivity index (χ1v) is 7.81. The highest BCUT2D eigenvalue weighted by molar-refractivity contribution is 7.99. The van der Waals surface area contributed by atoms with Crippen molar-refractivity contribution in [3.8, 4) is 11.4 Å². The van der Waals surface area contributed by atoms with E-state index in [0.29, 0.717) is 16.0 Å². The third-order valence-electron chi connectivity index (χ3n) is 2.60. The summed E-state index contributed by atoms with van der Waals surface area (Å²) in [5.74, 6) is 0.652. The molecule has 2 aromatic rings. The largest absolute Gasteiger partial charge is 0.462 e. The Hall–Kier alpha value is -1.53. The molecule has 5 nitrogen and oxygen atoms in total. The van der Waals surface area contributed by atoms with Crippen LogP contribution in [-0.2, 0) is 16.6 Å². The normalized spacial score (nSPS) is 10.9. The van der Waals surface area contributed by atoms with Gasteiger partial charge in [-0.15, -0.1) is 10.2 Å². The summed E-state index contributed by atoms with van der Waals surface area (Å²) in [5.41, 5.74) is 0.883. The molecule has 112 valence electrons. The van der Waals surface area contributed by atoms with Crippen molar-refractivity contribution < 1.29 is 9.53 Å². The molecule has 7 heteroatoms. The van der Waals surface area contributed by atoms with Crippen LogP contribution in [0.1, 0.15) is 13.8 Å². The van der Waals surface area contributed by atoms with E-state index in [1.54, 1.807) is 6.07 Å². The third kappa shape index (κ3) is 4.22. The lowest BCUT2D eigenvalue weighted by atomic mass is 10.2. The number of benzene rings is 1. The second-order valence-electron chi connectivity index (χ2n) is 4.70. The maximum Gasteiger partial charge on any atom is 0.316 e. The Morgan fingerprint density at radius 1 is 1.43 bits per heavy atom. The van der Waals surface area contributed by atoms with Gasteiger partial charge in [0.1, 0.15) is 0 Å². The van der Waals surface area contributed by atoms with Crippen molar-refractivity contribution in [2.24, 2.45) is 7.05 Å². The summed E-state index contributed by atoms with van der Waals surface area (Å²) in [4.78, 5) is 11.5. The van der Waals surface area contributed by atoms with Gasteiger partial charge in [0.25, 0.3) is 0 Å². The van der Waals surface area contributed by atoms with Crippen LogP contribution in [0, 0.1) is 0 Å². The molecule has 21 heavy (non-hydrogen) atoms. The van der Waals surface area contributed by atoms with Crippen LogP contribution in [0.2, 0.25) is 5.02 Å². The fraction of sp³-hybridized carbons (Fsp3) is 0.357. The number of hydrogen-bond donors (Lipinski definition) is 0. The van der Waals surface area contributed by atoms with E-state index in [1.165, 1.54) is 11.8 Å². The van der Waals surface area contributed by atoms with Gasteiger partial charge in [0, 0.05) is 17.6 Å². The van der Waals surface area contributed by atoms with Crippen molar-refractivity contribution in [1.29, 1.82) is 0 Å². The van der Waals surface area contributed by atoms with Gasteiger partial charge in [0.15, 0.2) is 11.0 Å². The minimum atomic E-state index is -0.262. The highest BCUT2D eigenvalue weighted by atomic mass is 35.5. The lowest BCUT2D eigenvalue weighted by molar-refractivity contribution is -0.144. The molecule has 0 saturated carbocycles. The zero-order valence-corrected chi connectivity index (χ0v) is 13.6. The predicted molar refractivity (Wildman–Crippen MR) is 83.4 cm³/mol. The predicted octanol–water partition coefficient (Wildman–Crippen LogP) is 3.18. The van der Waals surface area contributed by atoms with Crippen molar-refractivity contribution in [2.75, 3.05) is 5.75 Å². The molecule has 0 bridgehead atoms. The van der Waals surface area contributed by atoms with E-state index < -0.39 is 0 Å². The number of rotatable bonds is 5. The quantitative estimate of drug-likeness (QED) is 0.624. The molecular weight excluding hydrogens is 310 g/mol. The highest BCUT2D eigenvalue weighted by Gasteiger charge is 2.14. The number of carbonyl (C=O) groups excluding carboxylic acids is 1. The van der Waals surface area contributed by atoms with E-state index >= 15 is 0 Å². The molecule has 1 heterocycles. The molecule has 0 N–H and O–H groups in total. The van der Waals surface area contributed by atoms with Gasteiger partial charge >= 0.3 is 5.97 Å². The molecule has 1 aromatic heterocycles. The number of carbonyl (C=O) groups is 1. The average Bonchev–Trinajstić information content (AvgIpc) is 2.77. The van der Waals surface area contributed by atoms with Crippen molar-refractivity contribution in [2.45, 2.75) is 25.1 Å². The maximum absolute atomic E-state index is 11.5. The Labute approximate surface area is 132 Å². The molecule has 1 aromatic carbocycles. The molecule has 0 aliphatic carbocycles. The molecule has 0 aliphatic heterocycles. The van der Waals surface area contributed by atoms with Gasteiger partial charge in [-0.25, -0.2) is 0 Å². The first kappa shape index (κ1) is 15.9. The molecule has 0 aliphatic rings. The molecular formula is C14H16ClN3O2S. The maximum atomic E-state index is 11.5. The van der Waals surface area contributed by atoms with Crippen LogP contribution in [-0.4, -0.2) is 32.6 Å². The highest BCUT2D eigenvalue weighted by Crippen LogP contribution is 2.24. The summed E-state index contributed by atoms with van der Waals surface area (Å²) < 4.78 is 6.92. The van der Waals surface area contributed by atoms with Gasteiger partial charge in [0.2, 0.25) is 0 Å². The van der Waals surface area contributed by atoms with Gasteiger partial charge in [0.05, 0.1) is 11.9 Å². The van der Waals surface area contributed by atoms with Crippen LogP contribution in [0.15, 0.2) is 29.4 Å². The fourth-order valence-electron chi connectivity index (χ4n) is 1.74. The van der Waals surface area contributed by atoms with Crippen LogP contribution in [0.4, 0.5) is 0 Å². The second-order valence-corrected chi connectivity index (χ2v) is 6.08. The topological polar surface area (TPSA) is 57.0 Å². The van der Waals surface area contributed by atoms with Crippen molar-refractivity contribution >= 4 is 29.3 Å². The summed E-state index contributed by atoms with van der Waals surface area (Å²) >= 11 is 7.28. The van der Waals surface area contributed by atoms with Gasteiger partial charge < -0.3 is 9.30 Å². The monoisotopic (exact) mass is 325 g/mol. The van der Waals surface area contributed by atoms with Crippen LogP contribution < -0.4 is 0 Å². The van der Waals surface area contributed by atoms with Gasteiger partial charge in [-0.05, 0) is 26.0 Å². The SMILES string of the molecule is CC(C)OC(=O)CSc1nnc(-c2cccc(Cl)c2)n1C. The van der Waals surface area contributed by atoms with Crippen molar-refractivity contribution in [3.63, 3.8) is 0 Å². The second kappa shape index (κ2) is 6.95. The average molecular weight is 326 g/mol. The minimum Gasteiger partial charge on any atom is -0.462 e. The van der Waals surface area contributed by atoms with E-state index in [1.807, 2.05) is 43.7 Å². The smallest absolute Gasteiger partial charge is 0.316 e. The van der Waals surface area contributed by atoms with E-state index in [0.717, 1.165) is 5.56 Å². The molecule has 0 spiro atoms. The summed E-state index contributed by atoms with van der Waals surface area (Å²) in [6, 6.07) is 7.41. The number of halogens is 1. The molecule has 2 rings (SSSR count). The summed E-state index contributed by atoms with van der Waals surface area (Å²) in [6.07, 6.45) is -0.111. The van der Waals surface area contributed by atoms with Crippen LogP contribution >= 0.6 is 23.4 Å². The van der Waals surface area contributed by atoms with Crippen LogP contribution in [0.3, 0.4) is 0 Å². The summed E-state index contributed by atoms with van der Waals surface area (Å²) in [7, 11) is 1.85. The third-order valence-corrected chi connectivity index (χ3v) is 3.83. The molecule has 0 amide bonds. The number of hydrogen-bond acceptors (Lipinski definition) is 5. The number of thioether (sulfide) groups is 1. The van der Waals surface area contributed by atoms with Crippen molar-refractivity contribution in [3.05, 3.63) is 29.3 Å². The van der Waals surface area contributed by atoms with E-state index in [4.69, 9.17) is 16.3 Å². The summed E-state index contributed by atoms with van der Waals surface area (Å²) in [6.45, 7) is 3.64. The first-order valence-electron chi connectivity index (χ1n) is 6.45. The Kier molecular flexibility index (Phi) is 5.25. The molecule has 0 atom stereocenters. The zero-order valence-electron chi connectivity index (χ0n) is 12.0. The Balaban J connectivity index is 2.09. The molecule has 0 radical (unpaired) electrons. The molecule has 0 unspecified atom stereocenters. The van der Waals surface area contributed by atoms with Crippen LogP contribution in [0.5, 0.6) is 0 Å². The van der Waals surface area contributed by atoms with Gasteiger partial charge in [-0.3, -0.25) is 4.79 Å². The van der Waals surface area contributed by atoms with E-state index in [2.05, 4.69) is 10.2 Å². The van der Waals surface area contributed by atoms with Gasteiger partial charge in [-0.2, -0.15) is 0 Å². The Morgan fingerprint density at radius 3 is 2.86 bits per heavy atom. The lowest BCUT2D eigenvalue weighted by Gasteiger charge is -2.07. The number of nitrogens with zero attached hydrogens (tertiary/aromatic N) is 3.